The molecule has 5 fully saturated rings. The molecule has 6 rings (SSSR count). The monoisotopic (exact) mass is 484 g/mol. The first kappa shape index (κ1) is 22.0. The van der Waals surface area contributed by atoms with Gasteiger partial charge in [-0.15, -0.1) is 0 Å². The quantitative estimate of drug-likeness (QED) is 0.662. The first-order chi connectivity index (χ1) is 14.7. The average Bonchev–Trinajstić information content (AvgIpc) is 2.70. The van der Waals surface area contributed by atoms with E-state index < -0.39 is 10.0 Å². The Labute approximate surface area is 194 Å². The summed E-state index contributed by atoms with van der Waals surface area (Å²) in [5.41, 5.74) is 0.379. The van der Waals surface area contributed by atoms with Crippen LogP contribution < -0.4 is 5.32 Å². The standard InChI is InChI=1S/C23H30Cl2N2O3S/c24-20-4-1-5-21(25)19(20)14-31(29,30)27-6-2-3-18(13-27)22(28)26-23-10-15-7-16(11-23)9-17(8-15)12-23/h1,4-5,15-18H,2-3,6-14H2,(H,26,28). The van der Waals surface area contributed by atoms with Crippen LogP contribution in [0.4, 0.5) is 0 Å². The molecule has 1 aliphatic heterocycles. The second kappa shape index (κ2) is 8.19. The second-order valence-electron chi connectivity index (χ2n) is 10.3. The topological polar surface area (TPSA) is 66.5 Å². The van der Waals surface area contributed by atoms with Gasteiger partial charge < -0.3 is 5.32 Å². The molecule has 1 N–H and O–H groups in total. The van der Waals surface area contributed by atoms with Crippen LogP contribution in [0, 0.1) is 23.7 Å². The van der Waals surface area contributed by atoms with Crippen LogP contribution >= 0.6 is 23.2 Å². The number of carbonyl (C=O) groups is 1. The molecule has 5 aliphatic rings. The Kier molecular flexibility index (Phi) is 5.81. The molecule has 1 saturated heterocycles. The molecule has 1 aromatic rings. The van der Waals surface area contributed by atoms with Crippen molar-refractivity contribution in [2.24, 2.45) is 23.7 Å². The lowest BCUT2D eigenvalue weighted by Crippen LogP contribution is -2.61. The molecule has 0 radical (unpaired) electrons. The average molecular weight is 485 g/mol. The van der Waals surface area contributed by atoms with Crippen molar-refractivity contribution in [3.8, 4) is 0 Å². The highest BCUT2D eigenvalue weighted by atomic mass is 35.5. The van der Waals surface area contributed by atoms with E-state index in [4.69, 9.17) is 23.2 Å². The molecule has 1 amide bonds. The Morgan fingerprint density at radius 3 is 2.23 bits per heavy atom. The Balaban J connectivity index is 1.26. The zero-order valence-corrected chi connectivity index (χ0v) is 20.0. The minimum atomic E-state index is -3.62. The van der Waals surface area contributed by atoms with Gasteiger partial charge in [0.15, 0.2) is 0 Å². The molecule has 1 unspecified atom stereocenters. The van der Waals surface area contributed by atoms with E-state index in [1.165, 1.54) is 23.6 Å². The molecule has 4 aliphatic carbocycles. The second-order valence-corrected chi connectivity index (χ2v) is 13.1. The van der Waals surface area contributed by atoms with Gasteiger partial charge in [0, 0.05) is 34.2 Å². The molecule has 8 heteroatoms. The lowest BCUT2D eigenvalue weighted by molar-refractivity contribution is -0.131. The molecule has 4 saturated carbocycles. The molecule has 1 aromatic carbocycles. The minimum Gasteiger partial charge on any atom is -0.350 e. The fourth-order valence-electron chi connectivity index (χ4n) is 6.98. The van der Waals surface area contributed by atoms with Crippen LogP contribution in [-0.4, -0.2) is 37.3 Å². The summed E-state index contributed by atoms with van der Waals surface area (Å²) >= 11 is 12.4. The molecule has 0 aromatic heterocycles. The van der Waals surface area contributed by atoms with E-state index in [0.29, 0.717) is 28.6 Å². The van der Waals surface area contributed by atoms with Gasteiger partial charge in [-0.05, 0) is 81.3 Å². The van der Waals surface area contributed by atoms with E-state index in [-0.39, 0.29) is 29.7 Å². The van der Waals surface area contributed by atoms with Crippen LogP contribution in [0.2, 0.25) is 10.0 Å². The van der Waals surface area contributed by atoms with Crippen molar-refractivity contribution in [3.63, 3.8) is 0 Å². The lowest BCUT2D eigenvalue weighted by Gasteiger charge is -2.57. The Morgan fingerprint density at radius 2 is 1.65 bits per heavy atom. The minimum absolute atomic E-state index is 0.0395. The zero-order valence-electron chi connectivity index (χ0n) is 17.7. The van der Waals surface area contributed by atoms with E-state index in [2.05, 4.69) is 5.32 Å². The van der Waals surface area contributed by atoms with Gasteiger partial charge in [-0.25, -0.2) is 12.7 Å². The van der Waals surface area contributed by atoms with Gasteiger partial charge in [0.2, 0.25) is 15.9 Å². The number of hydrogen-bond donors (Lipinski definition) is 1. The Morgan fingerprint density at radius 1 is 1.06 bits per heavy atom. The molecule has 0 spiro atoms. The third kappa shape index (κ3) is 4.38. The largest absolute Gasteiger partial charge is 0.350 e. The Bertz CT molecular complexity index is 925. The fraction of sp³-hybridized carbons (Fsp3) is 0.696. The molecule has 31 heavy (non-hydrogen) atoms. The molecular formula is C23H30Cl2N2O3S. The van der Waals surface area contributed by atoms with Crippen molar-refractivity contribution < 1.29 is 13.2 Å². The number of halogens is 2. The van der Waals surface area contributed by atoms with Crippen LogP contribution in [0.25, 0.3) is 0 Å². The predicted molar refractivity (Wildman–Crippen MR) is 122 cm³/mol. The molecule has 5 nitrogen and oxygen atoms in total. The van der Waals surface area contributed by atoms with E-state index in [0.717, 1.165) is 43.4 Å². The van der Waals surface area contributed by atoms with Gasteiger partial charge >= 0.3 is 0 Å². The smallest absolute Gasteiger partial charge is 0.224 e. The highest BCUT2D eigenvalue weighted by molar-refractivity contribution is 7.88. The maximum absolute atomic E-state index is 13.2. The summed E-state index contributed by atoms with van der Waals surface area (Å²) in [5.74, 6) is 1.78. The number of piperidine rings is 1. The third-order valence-electron chi connectivity index (χ3n) is 7.96. The van der Waals surface area contributed by atoms with Crippen molar-refractivity contribution in [3.05, 3.63) is 33.8 Å². The molecule has 1 atom stereocenters. The number of nitrogens with one attached hydrogen (secondary N) is 1. The number of sulfonamides is 1. The molecule has 1 heterocycles. The summed E-state index contributed by atoms with van der Waals surface area (Å²) in [5, 5.41) is 4.13. The fourth-order valence-corrected chi connectivity index (χ4v) is 9.34. The third-order valence-corrected chi connectivity index (χ3v) is 10.4. The number of hydrogen-bond acceptors (Lipinski definition) is 3. The first-order valence-electron chi connectivity index (χ1n) is 11.5. The number of rotatable bonds is 5. The number of benzene rings is 1. The lowest BCUT2D eigenvalue weighted by atomic mass is 9.53. The van der Waals surface area contributed by atoms with Gasteiger partial charge in [0.05, 0.1) is 11.7 Å². The van der Waals surface area contributed by atoms with Gasteiger partial charge in [-0.3, -0.25) is 4.79 Å². The summed E-state index contributed by atoms with van der Waals surface area (Å²) in [6.07, 6.45) is 8.71. The van der Waals surface area contributed by atoms with Crippen molar-refractivity contribution in [2.75, 3.05) is 13.1 Å². The predicted octanol–water partition coefficient (Wildman–Crippen LogP) is 4.62. The van der Waals surface area contributed by atoms with Crippen LogP contribution in [-0.2, 0) is 20.6 Å². The van der Waals surface area contributed by atoms with E-state index in [1.54, 1.807) is 18.2 Å². The summed E-state index contributed by atoms with van der Waals surface area (Å²) in [4.78, 5) is 13.2. The highest BCUT2D eigenvalue weighted by Crippen LogP contribution is 2.55. The summed E-state index contributed by atoms with van der Waals surface area (Å²) in [6.45, 7) is 0.675. The van der Waals surface area contributed by atoms with Crippen LogP contribution in [0.3, 0.4) is 0 Å². The molecule has 170 valence electrons. The maximum atomic E-state index is 13.2. The SMILES string of the molecule is O=C(NC12CC3CC(CC(C3)C1)C2)C1CCCN(S(=O)(=O)Cc2c(Cl)cccc2Cl)C1. The summed E-state index contributed by atoms with van der Waals surface area (Å²) in [6, 6.07) is 5.00. The maximum Gasteiger partial charge on any atom is 0.224 e. The van der Waals surface area contributed by atoms with Crippen molar-refractivity contribution >= 4 is 39.1 Å². The number of carbonyl (C=O) groups excluding carboxylic acids is 1. The molecule has 4 bridgehead atoms. The summed E-state index contributed by atoms with van der Waals surface area (Å²) < 4.78 is 27.7. The van der Waals surface area contributed by atoms with Gasteiger partial charge in [0.25, 0.3) is 0 Å². The number of nitrogens with zero attached hydrogens (tertiary/aromatic N) is 1. The zero-order chi connectivity index (χ0) is 21.8. The highest BCUT2D eigenvalue weighted by Gasteiger charge is 2.52. The van der Waals surface area contributed by atoms with Crippen LogP contribution in [0.1, 0.15) is 56.9 Å². The Hall–Kier alpha value is -0.820. The molecular weight excluding hydrogens is 455 g/mol. The van der Waals surface area contributed by atoms with Crippen LogP contribution in [0.15, 0.2) is 18.2 Å². The van der Waals surface area contributed by atoms with Gasteiger partial charge in [0.1, 0.15) is 0 Å². The van der Waals surface area contributed by atoms with Crippen LogP contribution in [0.5, 0.6) is 0 Å². The number of amides is 1. The normalized spacial score (nSPS) is 35.3. The first-order valence-corrected chi connectivity index (χ1v) is 13.8. The van der Waals surface area contributed by atoms with E-state index in [9.17, 15) is 13.2 Å². The van der Waals surface area contributed by atoms with E-state index in [1.807, 2.05) is 0 Å². The summed E-state index contributed by atoms with van der Waals surface area (Å²) in [7, 11) is -3.62. The van der Waals surface area contributed by atoms with Gasteiger partial charge in [-0.1, -0.05) is 29.3 Å². The van der Waals surface area contributed by atoms with Crippen molar-refractivity contribution in [1.82, 2.24) is 9.62 Å². The van der Waals surface area contributed by atoms with Gasteiger partial charge in [-0.2, -0.15) is 0 Å². The van der Waals surface area contributed by atoms with Crippen molar-refractivity contribution in [1.29, 1.82) is 0 Å². The van der Waals surface area contributed by atoms with E-state index >= 15 is 0 Å². The van der Waals surface area contributed by atoms with Crippen molar-refractivity contribution in [2.45, 2.75) is 62.7 Å².